The summed E-state index contributed by atoms with van der Waals surface area (Å²) in [4.78, 5) is 24.6. The van der Waals surface area contributed by atoms with Crippen LogP contribution >= 0.6 is 0 Å². The number of benzene rings is 1. The fraction of sp³-hybridized carbons (Fsp3) is 0.476. The maximum atomic E-state index is 12.5. The molecule has 1 amide bonds. The summed E-state index contributed by atoms with van der Waals surface area (Å²) in [5.41, 5.74) is 3.50. The van der Waals surface area contributed by atoms with Crippen LogP contribution in [0.2, 0.25) is 0 Å². The lowest BCUT2D eigenvalue weighted by Gasteiger charge is -2.35. The first-order valence-corrected chi connectivity index (χ1v) is 10.0. The molecule has 2 aromatic rings. The van der Waals surface area contributed by atoms with Gasteiger partial charge in [-0.3, -0.25) is 4.79 Å². The Labute approximate surface area is 159 Å². The quantitative estimate of drug-likeness (QED) is 0.865. The third-order valence-electron chi connectivity index (χ3n) is 5.66. The summed E-state index contributed by atoms with van der Waals surface area (Å²) in [6.07, 6.45) is 5.40. The van der Waals surface area contributed by atoms with Gasteiger partial charge < -0.3 is 15.5 Å². The molecule has 27 heavy (non-hydrogen) atoms. The monoisotopic (exact) mass is 363 g/mol. The Morgan fingerprint density at radius 2 is 2.00 bits per heavy atom. The van der Waals surface area contributed by atoms with E-state index in [4.69, 9.17) is 9.97 Å². The van der Waals surface area contributed by atoms with E-state index in [0.717, 1.165) is 62.4 Å². The lowest BCUT2D eigenvalue weighted by molar-refractivity contribution is -0.123. The summed E-state index contributed by atoms with van der Waals surface area (Å²) >= 11 is 0. The molecule has 2 aliphatic carbocycles. The Morgan fingerprint density at radius 1 is 1.15 bits per heavy atom. The topological polar surface area (TPSA) is 70.2 Å². The van der Waals surface area contributed by atoms with Crippen LogP contribution in [0.25, 0.3) is 11.4 Å². The summed E-state index contributed by atoms with van der Waals surface area (Å²) in [6, 6.07) is 10.4. The number of amides is 1. The SMILES string of the molecule is O=C(NC1CC1)[C@H]1CN(c2nc(-c3ccccc3)nc3c2CCC3)CCN1. The largest absolute Gasteiger partial charge is 0.353 e. The molecule has 6 heteroatoms. The fourth-order valence-electron chi connectivity index (χ4n) is 4.04. The highest BCUT2D eigenvalue weighted by Gasteiger charge is 2.32. The standard InChI is InChI=1S/C21H25N5O/c27-21(23-15-9-10-15)18-13-26(12-11-22-18)20-16-7-4-8-17(16)24-19(25-20)14-5-2-1-3-6-14/h1-3,5-6,15,18,22H,4,7-13H2,(H,23,27)/t18-/m1/s1. The molecule has 2 fully saturated rings. The first-order chi connectivity index (χ1) is 13.3. The van der Waals surface area contributed by atoms with E-state index in [2.05, 4.69) is 27.7 Å². The van der Waals surface area contributed by atoms with Crippen molar-refractivity contribution in [1.82, 2.24) is 20.6 Å². The predicted octanol–water partition coefficient (Wildman–Crippen LogP) is 1.69. The summed E-state index contributed by atoms with van der Waals surface area (Å²) in [5.74, 6) is 1.95. The highest BCUT2D eigenvalue weighted by molar-refractivity contribution is 5.83. The third kappa shape index (κ3) is 3.41. The van der Waals surface area contributed by atoms with Crippen molar-refractivity contribution in [2.75, 3.05) is 24.5 Å². The van der Waals surface area contributed by atoms with Crippen LogP contribution in [-0.2, 0) is 17.6 Å². The van der Waals surface area contributed by atoms with Crippen LogP contribution in [-0.4, -0.2) is 47.6 Å². The second-order valence-electron chi connectivity index (χ2n) is 7.75. The van der Waals surface area contributed by atoms with Gasteiger partial charge in [0.05, 0.1) is 0 Å². The predicted molar refractivity (Wildman–Crippen MR) is 105 cm³/mol. The zero-order valence-electron chi connectivity index (χ0n) is 15.4. The molecule has 6 nitrogen and oxygen atoms in total. The Bertz CT molecular complexity index is 849. The molecule has 1 saturated carbocycles. The second kappa shape index (κ2) is 6.93. The van der Waals surface area contributed by atoms with Crippen LogP contribution < -0.4 is 15.5 Å². The van der Waals surface area contributed by atoms with Crippen LogP contribution in [0.15, 0.2) is 30.3 Å². The van der Waals surface area contributed by atoms with E-state index in [1.165, 1.54) is 11.3 Å². The Kier molecular flexibility index (Phi) is 4.28. The number of hydrogen-bond acceptors (Lipinski definition) is 5. The first-order valence-electron chi connectivity index (χ1n) is 10.0. The number of aromatic nitrogens is 2. The zero-order chi connectivity index (χ0) is 18.2. The van der Waals surface area contributed by atoms with Crippen molar-refractivity contribution in [2.45, 2.75) is 44.2 Å². The Hall–Kier alpha value is -2.47. The van der Waals surface area contributed by atoms with Gasteiger partial charge in [0.2, 0.25) is 5.91 Å². The van der Waals surface area contributed by atoms with E-state index in [0.29, 0.717) is 12.6 Å². The van der Waals surface area contributed by atoms with Gasteiger partial charge in [0.25, 0.3) is 0 Å². The summed E-state index contributed by atoms with van der Waals surface area (Å²) in [5, 5.41) is 6.49. The Morgan fingerprint density at radius 3 is 2.81 bits per heavy atom. The van der Waals surface area contributed by atoms with Gasteiger partial charge in [0.1, 0.15) is 11.9 Å². The minimum atomic E-state index is -0.174. The molecule has 2 N–H and O–H groups in total. The molecule has 5 rings (SSSR count). The average Bonchev–Trinajstić information content (AvgIpc) is 3.40. The molecule has 140 valence electrons. The maximum absolute atomic E-state index is 12.5. The van der Waals surface area contributed by atoms with Crippen LogP contribution in [0.1, 0.15) is 30.5 Å². The van der Waals surface area contributed by atoms with Crippen molar-refractivity contribution in [3.63, 3.8) is 0 Å². The van der Waals surface area contributed by atoms with Gasteiger partial charge in [-0.25, -0.2) is 9.97 Å². The molecule has 3 aliphatic rings. The minimum absolute atomic E-state index is 0.121. The van der Waals surface area contributed by atoms with Crippen molar-refractivity contribution in [3.8, 4) is 11.4 Å². The van der Waals surface area contributed by atoms with Gasteiger partial charge in [0, 0.05) is 42.5 Å². The van der Waals surface area contributed by atoms with Gasteiger partial charge >= 0.3 is 0 Å². The number of fused-ring (bicyclic) bond motifs is 1. The van der Waals surface area contributed by atoms with Crippen molar-refractivity contribution in [2.24, 2.45) is 0 Å². The maximum Gasteiger partial charge on any atom is 0.239 e. The molecular weight excluding hydrogens is 338 g/mol. The van der Waals surface area contributed by atoms with E-state index in [1.807, 2.05) is 18.2 Å². The van der Waals surface area contributed by atoms with Crippen molar-refractivity contribution >= 4 is 11.7 Å². The van der Waals surface area contributed by atoms with E-state index in [9.17, 15) is 4.79 Å². The molecule has 1 atom stereocenters. The summed E-state index contributed by atoms with van der Waals surface area (Å²) < 4.78 is 0. The van der Waals surface area contributed by atoms with Gasteiger partial charge in [-0.1, -0.05) is 30.3 Å². The van der Waals surface area contributed by atoms with Crippen LogP contribution in [0.5, 0.6) is 0 Å². The highest BCUT2D eigenvalue weighted by Crippen LogP contribution is 2.32. The van der Waals surface area contributed by atoms with Crippen molar-refractivity contribution < 1.29 is 4.79 Å². The van der Waals surface area contributed by atoms with Gasteiger partial charge in [-0.15, -0.1) is 0 Å². The van der Waals surface area contributed by atoms with Crippen molar-refractivity contribution in [1.29, 1.82) is 0 Å². The van der Waals surface area contributed by atoms with Crippen molar-refractivity contribution in [3.05, 3.63) is 41.6 Å². The number of aryl methyl sites for hydroxylation is 1. The molecule has 1 aromatic carbocycles. The molecule has 0 spiro atoms. The normalized spacial score (nSPS) is 21.8. The van der Waals surface area contributed by atoms with Gasteiger partial charge in [0.15, 0.2) is 5.82 Å². The van der Waals surface area contributed by atoms with Gasteiger partial charge in [-0.05, 0) is 32.1 Å². The first kappa shape index (κ1) is 16.7. The molecule has 0 radical (unpaired) electrons. The van der Waals surface area contributed by atoms with E-state index in [-0.39, 0.29) is 11.9 Å². The number of nitrogens with zero attached hydrogens (tertiary/aromatic N) is 3. The fourth-order valence-corrected chi connectivity index (χ4v) is 4.04. The lowest BCUT2D eigenvalue weighted by atomic mass is 10.1. The van der Waals surface area contributed by atoms with Crippen LogP contribution in [0.3, 0.4) is 0 Å². The second-order valence-corrected chi connectivity index (χ2v) is 7.75. The summed E-state index contributed by atoms with van der Waals surface area (Å²) in [7, 11) is 0. The van der Waals surface area contributed by atoms with E-state index >= 15 is 0 Å². The molecule has 1 aliphatic heterocycles. The Balaban J connectivity index is 1.44. The minimum Gasteiger partial charge on any atom is -0.353 e. The third-order valence-corrected chi connectivity index (χ3v) is 5.66. The smallest absolute Gasteiger partial charge is 0.239 e. The average molecular weight is 363 g/mol. The highest BCUT2D eigenvalue weighted by atomic mass is 16.2. The number of carbonyl (C=O) groups excluding carboxylic acids is 1. The summed E-state index contributed by atoms with van der Waals surface area (Å²) in [6.45, 7) is 2.32. The molecular formula is C21H25N5O. The molecule has 0 bridgehead atoms. The number of carbonyl (C=O) groups is 1. The number of nitrogens with one attached hydrogen (secondary N) is 2. The van der Waals surface area contributed by atoms with Crippen LogP contribution in [0.4, 0.5) is 5.82 Å². The lowest BCUT2D eigenvalue weighted by Crippen LogP contribution is -2.57. The zero-order valence-corrected chi connectivity index (χ0v) is 15.4. The molecule has 1 aromatic heterocycles. The van der Waals surface area contributed by atoms with Crippen LogP contribution in [0, 0.1) is 0 Å². The number of anilines is 1. The molecule has 0 unspecified atom stereocenters. The number of hydrogen-bond donors (Lipinski definition) is 2. The molecule has 1 saturated heterocycles. The molecule has 2 heterocycles. The van der Waals surface area contributed by atoms with E-state index < -0.39 is 0 Å². The number of rotatable bonds is 4. The van der Waals surface area contributed by atoms with E-state index in [1.54, 1.807) is 0 Å². The van der Waals surface area contributed by atoms with Gasteiger partial charge in [-0.2, -0.15) is 0 Å². The number of piperazine rings is 1.